The van der Waals surface area contributed by atoms with E-state index in [1.807, 2.05) is 72.8 Å². The van der Waals surface area contributed by atoms with Gasteiger partial charge in [0, 0.05) is 46.7 Å². The van der Waals surface area contributed by atoms with Gasteiger partial charge in [0.05, 0.1) is 45.2 Å². The van der Waals surface area contributed by atoms with Crippen molar-refractivity contribution >= 4 is 21.8 Å². The Kier molecular flexibility index (Phi) is 5.33. The molecule has 1 aromatic carbocycles. The van der Waals surface area contributed by atoms with Gasteiger partial charge in [-0.15, -0.1) is 0 Å². The molecule has 0 fully saturated rings. The van der Waals surface area contributed by atoms with Gasteiger partial charge in [0.2, 0.25) is 0 Å². The molecule has 6 aromatic heterocycles. The highest BCUT2D eigenvalue weighted by atomic mass is 14.8. The molecule has 0 aliphatic rings. The zero-order valence-electron chi connectivity index (χ0n) is 20.2. The molecule has 6 heterocycles. The summed E-state index contributed by atoms with van der Waals surface area (Å²) in [6, 6.07) is 31.8. The van der Waals surface area contributed by atoms with Crippen LogP contribution in [0.4, 0.5) is 0 Å². The maximum atomic E-state index is 5.14. The van der Waals surface area contributed by atoms with Crippen molar-refractivity contribution in [3.05, 3.63) is 122 Å². The molecule has 0 aliphatic heterocycles. The number of pyridine rings is 6. The number of benzene rings is 1. The molecule has 0 atom stereocenters. The third-order valence-electron chi connectivity index (χ3n) is 6.49. The molecule has 0 unspecified atom stereocenters. The lowest BCUT2D eigenvalue weighted by atomic mass is 9.97. The lowest BCUT2D eigenvalue weighted by molar-refractivity contribution is 1.26. The molecule has 7 rings (SSSR count). The SMILES string of the molecule is c1ccc(-c2cc(-c3ccccn3)c3ccc4c(-c5ccccn5)cc(-c5ccccn5)nc4c3n2)nc1. The van der Waals surface area contributed by atoms with Gasteiger partial charge in [0.15, 0.2) is 0 Å². The summed E-state index contributed by atoms with van der Waals surface area (Å²) in [5, 5.41) is 1.93. The molecular weight excluding hydrogens is 468 g/mol. The fraction of sp³-hybridized carbons (Fsp3) is 0. The Bertz CT molecular complexity index is 1750. The van der Waals surface area contributed by atoms with Crippen LogP contribution in [0.1, 0.15) is 0 Å². The highest BCUT2D eigenvalue weighted by Gasteiger charge is 2.18. The summed E-state index contributed by atoms with van der Waals surface area (Å²) >= 11 is 0. The standard InChI is InChI=1S/C32H20N6/c1-5-15-33-25(9-1)23-19-29(27-11-3-7-17-35-27)37-31-21(23)13-14-22-24(26-10-2-6-16-34-26)20-30(38-32(22)31)28-12-4-8-18-36-28/h1-20H. The maximum absolute atomic E-state index is 5.14. The Morgan fingerprint density at radius 2 is 0.711 bits per heavy atom. The summed E-state index contributed by atoms with van der Waals surface area (Å²) in [5.41, 5.74) is 8.33. The van der Waals surface area contributed by atoms with Gasteiger partial charge >= 0.3 is 0 Å². The normalized spacial score (nSPS) is 11.2. The van der Waals surface area contributed by atoms with E-state index in [2.05, 4.69) is 44.2 Å². The van der Waals surface area contributed by atoms with E-state index in [0.29, 0.717) is 0 Å². The molecule has 0 aliphatic carbocycles. The zero-order valence-corrected chi connectivity index (χ0v) is 20.2. The van der Waals surface area contributed by atoms with Crippen LogP contribution in [0.25, 0.3) is 67.1 Å². The molecule has 0 radical (unpaired) electrons. The molecule has 6 nitrogen and oxygen atoms in total. The van der Waals surface area contributed by atoms with Crippen molar-refractivity contribution in [1.29, 1.82) is 0 Å². The van der Waals surface area contributed by atoms with Crippen LogP contribution in [0.5, 0.6) is 0 Å². The number of fused-ring (bicyclic) bond motifs is 3. The predicted molar refractivity (Wildman–Crippen MR) is 150 cm³/mol. The van der Waals surface area contributed by atoms with E-state index in [0.717, 1.165) is 67.1 Å². The van der Waals surface area contributed by atoms with Crippen LogP contribution in [0.3, 0.4) is 0 Å². The Hall–Kier alpha value is -5.36. The first-order valence-electron chi connectivity index (χ1n) is 12.3. The molecule has 0 spiro atoms. The van der Waals surface area contributed by atoms with Gasteiger partial charge in [-0.2, -0.15) is 0 Å². The second kappa shape index (κ2) is 9.26. The van der Waals surface area contributed by atoms with Crippen molar-refractivity contribution in [1.82, 2.24) is 29.9 Å². The smallest absolute Gasteiger partial charge is 0.0980 e. The van der Waals surface area contributed by atoms with Crippen molar-refractivity contribution in [2.24, 2.45) is 0 Å². The van der Waals surface area contributed by atoms with Gasteiger partial charge in [0.1, 0.15) is 0 Å². The summed E-state index contributed by atoms with van der Waals surface area (Å²) in [5.74, 6) is 0. The summed E-state index contributed by atoms with van der Waals surface area (Å²) in [4.78, 5) is 28.7. The first-order valence-corrected chi connectivity index (χ1v) is 12.3. The third kappa shape index (κ3) is 3.85. The van der Waals surface area contributed by atoms with Crippen LogP contribution in [-0.4, -0.2) is 29.9 Å². The van der Waals surface area contributed by atoms with Gasteiger partial charge in [-0.3, -0.25) is 19.9 Å². The summed E-state index contributed by atoms with van der Waals surface area (Å²) in [6.07, 6.45) is 7.17. The number of aromatic nitrogens is 6. The van der Waals surface area contributed by atoms with Crippen LogP contribution < -0.4 is 0 Å². The molecule has 178 valence electrons. The zero-order chi connectivity index (χ0) is 25.3. The summed E-state index contributed by atoms with van der Waals surface area (Å²) < 4.78 is 0. The van der Waals surface area contributed by atoms with Crippen molar-refractivity contribution in [2.75, 3.05) is 0 Å². The van der Waals surface area contributed by atoms with Gasteiger partial charge in [0.25, 0.3) is 0 Å². The highest BCUT2D eigenvalue weighted by Crippen LogP contribution is 2.38. The average molecular weight is 489 g/mol. The largest absolute Gasteiger partial charge is 0.256 e. The molecular formula is C32H20N6. The van der Waals surface area contributed by atoms with E-state index in [4.69, 9.17) is 9.97 Å². The van der Waals surface area contributed by atoms with Crippen LogP contribution in [0, 0.1) is 0 Å². The fourth-order valence-electron chi connectivity index (χ4n) is 4.73. The Morgan fingerprint density at radius 3 is 1.05 bits per heavy atom. The van der Waals surface area contributed by atoms with Crippen molar-refractivity contribution < 1.29 is 0 Å². The van der Waals surface area contributed by atoms with Crippen molar-refractivity contribution in [3.8, 4) is 45.3 Å². The summed E-state index contributed by atoms with van der Waals surface area (Å²) in [7, 11) is 0. The number of hydrogen-bond acceptors (Lipinski definition) is 6. The van der Waals surface area contributed by atoms with Crippen LogP contribution in [-0.2, 0) is 0 Å². The van der Waals surface area contributed by atoms with Gasteiger partial charge in [-0.05, 0) is 60.7 Å². The monoisotopic (exact) mass is 488 g/mol. The Balaban J connectivity index is 1.62. The molecule has 38 heavy (non-hydrogen) atoms. The minimum absolute atomic E-state index is 0.760. The molecule has 0 amide bonds. The molecule has 7 aromatic rings. The average Bonchev–Trinajstić information content (AvgIpc) is 3.01. The van der Waals surface area contributed by atoms with Crippen LogP contribution >= 0.6 is 0 Å². The van der Waals surface area contributed by atoms with Crippen LogP contribution in [0.15, 0.2) is 122 Å². The minimum atomic E-state index is 0.760. The first kappa shape index (κ1) is 21.9. The van der Waals surface area contributed by atoms with E-state index in [1.165, 1.54) is 0 Å². The second-order valence-corrected chi connectivity index (χ2v) is 8.83. The van der Waals surface area contributed by atoms with E-state index >= 15 is 0 Å². The third-order valence-corrected chi connectivity index (χ3v) is 6.49. The first-order chi connectivity index (χ1) is 18.8. The molecule has 6 heteroatoms. The maximum Gasteiger partial charge on any atom is 0.0980 e. The van der Waals surface area contributed by atoms with E-state index in [9.17, 15) is 0 Å². The number of rotatable bonds is 4. The predicted octanol–water partition coefficient (Wildman–Crippen LogP) is 7.03. The Morgan fingerprint density at radius 1 is 0.342 bits per heavy atom. The van der Waals surface area contributed by atoms with Crippen LogP contribution in [0.2, 0.25) is 0 Å². The summed E-state index contributed by atoms with van der Waals surface area (Å²) in [6.45, 7) is 0. The molecule has 0 saturated heterocycles. The van der Waals surface area contributed by atoms with E-state index < -0.39 is 0 Å². The van der Waals surface area contributed by atoms with Gasteiger partial charge < -0.3 is 0 Å². The topological polar surface area (TPSA) is 77.3 Å². The lowest BCUT2D eigenvalue weighted by Crippen LogP contribution is -1.97. The lowest BCUT2D eigenvalue weighted by Gasteiger charge is -2.14. The quantitative estimate of drug-likeness (QED) is 0.248. The molecule has 0 saturated carbocycles. The number of nitrogens with zero attached hydrogens (tertiary/aromatic N) is 6. The van der Waals surface area contributed by atoms with Gasteiger partial charge in [-0.25, -0.2) is 9.97 Å². The van der Waals surface area contributed by atoms with Crippen molar-refractivity contribution in [2.45, 2.75) is 0 Å². The molecule has 0 N–H and O–H groups in total. The highest BCUT2D eigenvalue weighted by molar-refractivity contribution is 6.12. The van der Waals surface area contributed by atoms with Crippen molar-refractivity contribution in [3.63, 3.8) is 0 Å². The van der Waals surface area contributed by atoms with E-state index in [1.54, 1.807) is 24.8 Å². The van der Waals surface area contributed by atoms with Gasteiger partial charge in [-0.1, -0.05) is 36.4 Å². The Labute approximate surface area is 218 Å². The fourth-order valence-corrected chi connectivity index (χ4v) is 4.73. The molecule has 0 bridgehead atoms. The minimum Gasteiger partial charge on any atom is -0.256 e. The second-order valence-electron chi connectivity index (χ2n) is 8.83. The number of hydrogen-bond donors (Lipinski definition) is 0. The van der Waals surface area contributed by atoms with E-state index in [-0.39, 0.29) is 0 Å².